The predicted octanol–water partition coefficient (Wildman–Crippen LogP) is 4.81. The van der Waals surface area contributed by atoms with Gasteiger partial charge in [0.15, 0.2) is 0 Å². The maximum absolute atomic E-state index is 13.2. The van der Waals surface area contributed by atoms with E-state index in [1.165, 1.54) is 0 Å². The van der Waals surface area contributed by atoms with E-state index in [1.807, 2.05) is 64.1 Å². The van der Waals surface area contributed by atoms with Crippen LogP contribution in [0.5, 0.6) is 0 Å². The highest BCUT2D eigenvalue weighted by Gasteiger charge is 2.29. The first kappa shape index (κ1) is 28.9. The van der Waals surface area contributed by atoms with E-state index in [0.29, 0.717) is 35.8 Å². The van der Waals surface area contributed by atoms with Crippen LogP contribution in [-0.4, -0.2) is 66.2 Å². The van der Waals surface area contributed by atoms with Gasteiger partial charge in [0, 0.05) is 54.4 Å². The van der Waals surface area contributed by atoms with Crippen molar-refractivity contribution in [1.29, 1.82) is 0 Å². The van der Waals surface area contributed by atoms with Gasteiger partial charge in [0.25, 0.3) is 0 Å². The van der Waals surface area contributed by atoms with Crippen molar-refractivity contribution in [2.75, 3.05) is 54.5 Å². The van der Waals surface area contributed by atoms with E-state index >= 15 is 0 Å². The molecule has 3 rings (SSSR count). The van der Waals surface area contributed by atoms with Gasteiger partial charge in [-0.1, -0.05) is 0 Å². The molecule has 0 aromatic heterocycles. The molecule has 0 spiro atoms. The molecule has 38 heavy (non-hydrogen) atoms. The summed E-state index contributed by atoms with van der Waals surface area (Å²) in [5.74, 6) is -0.390. The van der Waals surface area contributed by atoms with Crippen molar-refractivity contribution in [2.24, 2.45) is 4.99 Å². The topological polar surface area (TPSA) is 109 Å². The van der Waals surface area contributed by atoms with Crippen molar-refractivity contribution in [3.63, 3.8) is 0 Å². The van der Waals surface area contributed by atoms with Crippen molar-refractivity contribution in [2.45, 2.75) is 41.5 Å². The molecule has 1 aliphatic carbocycles. The summed E-state index contributed by atoms with van der Waals surface area (Å²) in [5, 5.41) is 32.9. The molecule has 0 unspecified atom stereocenters. The summed E-state index contributed by atoms with van der Waals surface area (Å²) in [6.07, 6.45) is 0. The lowest BCUT2D eigenvalue weighted by Crippen LogP contribution is -2.27. The van der Waals surface area contributed by atoms with Gasteiger partial charge in [-0.2, -0.15) is 0 Å². The van der Waals surface area contributed by atoms with E-state index in [0.717, 1.165) is 41.3 Å². The number of nitrogens with zero attached hydrogens (tertiary/aromatic N) is 3. The number of Topliss-reactive ketones (excluding diaryl/α,β-unsaturated/α-hetero) is 1. The number of likely N-dealkylation sites (N-methyl/N-ethyl adjacent to an activating group) is 2. The number of aliphatic hydroxyl groups is 3. The number of carbonyl (C=O) groups excluding carboxylic acids is 1. The summed E-state index contributed by atoms with van der Waals surface area (Å²) in [5.41, 5.74) is 6.89. The number of anilines is 3. The Balaban J connectivity index is 1.99. The molecule has 2 aromatic carbocycles. The highest BCUT2D eigenvalue weighted by molar-refractivity contribution is 6.27. The van der Waals surface area contributed by atoms with Crippen LogP contribution in [0.3, 0.4) is 0 Å². The summed E-state index contributed by atoms with van der Waals surface area (Å²) in [6.45, 7) is 14.2. The van der Waals surface area contributed by atoms with Crippen molar-refractivity contribution in [3.8, 4) is 0 Å². The lowest BCUT2D eigenvalue weighted by atomic mass is 9.92. The number of rotatable bonds is 11. The van der Waals surface area contributed by atoms with Crippen molar-refractivity contribution in [3.05, 3.63) is 70.1 Å². The van der Waals surface area contributed by atoms with E-state index in [1.54, 1.807) is 13.8 Å². The minimum atomic E-state index is -0.271. The number of aliphatic hydroxyl groups excluding tert-OH is 3. The van der Waals surface area contributed by atoms with Gasteiger partial charge in [-0.15, -0.1) is 0 Å². The first-order valence-electron chi connectivity index (χ1n) is 13.1. The summed E-state index contributed by atoms with van der Waals surface area (Å²) < 4.78 is 0. The third-order valence-electron chi connectivity index (χ3n) is 6.99. The van der Waals surface area contributed by atoms with E-state index in [4.69, 9.17) is 4.99 Å². The average molecular weight is 521 g/mol. The van der Waals surface area contributed by atoms with Crippen LogP contribution in [0, 0.1) is 13.8 Å². The molecule has 0 saturated heterocycles. The van der Waals surface area contributed by atoms with Gasteiger partial charge < -0.3 is 30.4 Å². The molecule has 1 aliphatic rings. The first-order valence-corrected chi connectivity index (χ1v) is 13.1. The van der Waals surface area contributed by atoms with Crippen LogP contribution in [0.2, 0.25) is 0 Å². The summed E-state index contributed by atoms with van der Waals surface area (Å²) in [6, 6.07) is 11.8. The van der Waals surface area contributed by atoms with Crippen LogP contribution in [0.1, 0.15) is 38.8 Å². The fourth-order valence-corrected chi connectivity index (χ4v) is 4.61. The van der Waals surface area contributed by atoms with Crippen molar-refractivity contribution in [1.82, 2.24) is 0 Å². The Bertz CT molecular complexity index is 1280. The van der Waals surface area contributed by atoms with Crippen LogP contribution in [0.15, 0.2) is 64.0 Å². The molecule has 4 N–H and O–H groups in total. The van der Waals surface area contributed by atoms with E-state index in [2.05, 4.69) is 15.1 Å². The van der Waals surface area contributed by atoms with Crippen molar-refractivity contribution >= 4 is 34.2 Å². The molecule has 0 heterocycles. The highest BCUT2D eigenvalue weighted by Crippen LogP contribution is 2.32. The van der Waals surface area contributed by atoms with Crippen LogP contribution in [0.25, 0.3) is 0 Å². The predicted molar refractivity (Wildman–Crippen MR) is 156 cm³/mol. The second-order valence-corrected chi connectivity index (χ2v) is 9.46. The Hall–Kier alpha value is -3.62. The number of carbonyl (C=O) groups is 1. The molecule has 0 atom stereocenters. The Kier molecular flexibility index (Phi) is 9.72. The van der Waals surface area contributed by atoms with Crippen molar-refractivity contribution < 1.29 is 20.1 Å². The monoisotopic (exact) mass is 520 g/mol. The number of nitrogens with one attached hydrogen (secondary N) is 1. The molecule has 204 valence electrons. The smallest absolute Gasteiger partial charge is 0.209 e. The lowest BCUT2D eigenvalue weighted by Gasteiger charge is -2.25. The lowest BCUT2D eigenvalue weighted by molar-refractivity contribution is -0.112. The van der Waals surface area contributed by atoms with Gasteiger partial charge in [-0.25, -0.2) is 4.99 Å². The van der Waals surface area contributed by atoms with Gasteiger partial charge in [-0.05, 0) is 89.1 Å². The summed E-state index contributed by atoms with van der Waals surface area (Å²) in [7, 11) is 0. The van der Waals surface area contributed by atoms with Crippen LogP contribution in [-0.2, 0) is 4.79 Å². The maximum Gasteiger partial charge on any atom is 0.209 e. The third-order valence-corrected chi connectivity index (χ3v) is 6.99. The zero-order chi connectivity index (χ0) is 28.0. The molecule has 8 heteroatoms. The number of hydrogen-bond acceptors (Lipinski definition) is 8. The van der Waals surface area contributed by atoms with E-state index < -0.39 is 0 Å². The fourth-order valence-electron chi connectivity index (χ4n) is 4.61. The average Bonchev–Trinajstić information content (AvgIpc) is 2.91. The van der Waals surface area contributed by atoms with Gasteiger partial charge in [-0.3, -0.25) is 4.79 Å². The van der Waals surface area contributed by atoms with Crippen LogP contribution >= 0.6 is 0 Å². The van der Waals surface area contributed by atoms with Crippen LogP contribution in [0.4, 0.5) is 22.7 Å². The quantitative estimate of drug-likeness (QED) is 0.315. The largest absolute Gasteiger partial charge is 0.505 e. The molecule has 0 radical (unpaired) electrons. The van der Waals surface area contributed by atoms with Gasteiger partial charge >= 0.3 is 0 Å². The Morgan fingerprint density at radius 1 is 0.816 bits per heavy atom. The molecule has 0 fully saturated rings. The second kappa shape index (κ2) is 12.8. The number of aryl methyl sites for hydroxylation is 2. The molecule has 0 amide bonds. The third kappa shape index (κ3) is 6.09. The molecule has 0 saturated carbocycles. The van der Waals surface area contributed by atoms with E-state index in [9.17, 15) is 20.1 Å². The SMILES string of the molecule is CCN(CCO)c1ccc(/N=C2/C(C)=C(Nc3ccc(N(CC)CCO)cc3C)C(=O)C(C)=C2O)c(C)c1. The molecular weight excluding hydrogens is 480 g/mol. The summed E-state index contributed by atoms with van der Waals surface area (Å²) >= 11 is 0. The number of aliphatic imine (C=N–C) groups is 1. The highest BCUT2D eigenvalue weighted by atomic mass is 16.3. The maximum atomic E-state index is 13.2. The molecule has 0 bridgehead atoms. The van der Waals surface area contributed by atoms with Gasteiger partial charge in [0.1, 0.15) is 11.5 Å². The number of ketones is 1. The van der Waals surface area contributed by atoms with Gasteiger partial charge in [0.05, 0.1) is 24.6 Å². The Labute approximate surface area is 225 Å². The Morgan fingerprint density at radius 3 is 1.87 bits per heavy atom. The molecule has 2 aromatic rings. The number of hydrogen-bond donors (Lipinski definition) is 4. The fraction of sp³-hybridized carbons (Fsp3) is 0.400. The van der Waals surface area contributed by atoms with Gasteiger partial charge in [0.2, 0.25) is 5.78 Å². The molecular formula is C30H40N4O4. The normalized spacial score (nSPS) is 14.9. The minimum absolute atomic E-state index is 0.0738. The zero-order valence-electron chi connectivity index (χ0n) is 23.3. The van der Waals surface area contributed by atoms with E-state index in [-0.39, 0.29) is 30.3 Å². The summed E-state index contributed by atoms with van der Waals surface area (Å²) in [4.78, 5) is 22.1. The molecule has 8 nitrogen and oxygen atoms in total. The number of benzene rings is 2. The first-order chi connectivity index (χ1) is 18.2. The minimum Gasteiger partial charge on any atom is -0.505 e. The molecule has 0 aliphatic heterocycles. The zero-order valence-corrected chi connectivity index (χ0v) is 23.3. The van der Waals surface area contributed by atoms with Crippen LogP contribution < -0.4 is 15.1 Å². The Morgan fingerprint density at radius 2 is 1.37 bits per heavy atom. The number of allylic oxidation sites excluding steroid dienone is 2. The standard InChI is InChI=1S/C30H40N4O4/c1-7-33(13-15-35)23-9-11-25(19(3)17-23)31-27-21(5)28(30(38)22(6)29(27)37)32-26-12-10-24(18-20(26)4)34(8-2)14-16-36/h9-12,17-18,31,35-36,38H,7-8,13-16H2,1-6H3/b32-28-. The second-order valence-electron chi connectivity index (χ2n) is 9.46.